The second-order valence-electron chi connectivity index (χ2n) is 5.19. The molecule has 0 saturated carbocycles. The van der Waals surface area contributed by atoms with E-state index in [4.69, 9.17) is 10.5 Å². The van der Waals surface area contributed by atoms with Crippen molar-refractivity contribution < 1.29 is 9.53 Å². The maximum absolute atomic E-state index is 12.5. The fraction of sp³-hybridized carbons (Fsp3) is 0.923. The van der Waals surface area contributed by atoms with Crippen LogP contribution in [-0.4, -0.2) is 43.7 Å². The number of amides is 1. The van der Waals surface area contributed by atoms with Gasteiger partial charge < -0.3 is 15.4 Å². The van der Waals surface area contributed by atoms with Crippen LogP contribution in [0.1, 0.15) is 33.6 Å². The maximum atomic E-state index is 12.5. The minimum atomic E-state index is -0.407. The molecule has 0 aliphatic carbocycles. The summed E-state index contributed by atoms with van der Waals surface area (Å²) in [5.41, 5.74) is 5.34. The summed E-state index contributed by atoms with van der Waals surface area (Å²) in [6, 6.07) is 0. The van der Waals surface area contributed by atoms with Gasteiger partial charge in [0.05, 0.1) is 12.0 Å². The molecule has 2 N–H and O–H groups in total. The highest BCUT2D eigenvalue weighted by Gasteiger charge is 2.34. The third-order valence-electron chi connectivity index (χ3n) is 3.92. The highest BCUT2D eigenvalue weighted by molar-refractivity contribution is 5.82. The Balaban J connectivity index is 2.62. The molecular formula is C13H26N2O2. The van der Waals surface area contributed by atoms with Crippen molar-refractivity contribution in [1.29, 1.82) is 0 Å². The first-order valence-corrected chi connectivity index (χ1v) is 6.64. The van der Waals surface area contributed by atoms with Gasteiger partial charge in [0.15, 0.2) is 0 Å². The Morgan fingerprint density at radius 2 is 2.24 bits per heavy atom. The van der Waals surface area contributed by atoms with Gasteiger partial charge in [0.2, 0.25) is 5.91 Å². The standard InChI is InChI=1S/C13H26N2O2/c1-4-13(3,10-14)12(16)15(5-2)8-11-6-7-17-9-11/h11H,4-10,14H2,1-3H3. The summed E-state index contributed by atoms with van der Waals surface area (Å²) in [7, 11) is 0. The van der Waals surface area contributed by atoms with Crippen molar-refractivity contribution >= 4 is 5.91 Å². The third kappa shape index (κ3) is 3.42. The lowest BCUT2D eigenvalue weighted by molar-refractivity contribution is -0.141. The zero-order valence-corrected chi connectivity index (χ0v) is 11.4. The van der Waals surface area contributed by atoms with Crippen molar-refractivity contribution in [2.45, 2.75) is 33.6 Å². The Hall–Kier alpha value is -0.610. The first-order chi connectivity index (χ1) is 8.07. The number of carbonyl (C=O) groups excluding carboxylic acids is 1. The topological polar surface area (TPSA) is 55.6 Å². The van der Waals surface area contributed by atoms with Gasteiger partial charge in [-0.15, -0.1) is 0 Å². The van der Waals surface area contributed by atoms with E-state index in [9.17, 15) is 4.79 Å². The van der Waals surface area contributed by atoms with Crippen molar-refractivity contribution in [2.24, 2.45) is 17.1 Å². The van der Waals surface area contributed by atoms with Crippen LogP contribution in [0, 0.1) is 11.3 Å². The largest absolute Gasteiger partial charge is 0.381 e. The number of hydrogen-bond donors (Lipinski definition) is 1. The molecular weight excluding hydrogens is 216 g/mol. The summed E-state index contributed by atoms with van der Waals surface area (Å²) >= 11 is 0. The van der Waals surface area contributed by atoms with Crippen molar-refractivity contribution in [3.63, 3.8) is 0 Å². The second-order valence-corrected chi connectivity index (χ2v) is 5.19. The zero-order valence-electron chi connectivity index (χ0n) is 11.4. The molecule has 2 unspecified atom stereocenters. The Labute approximate surface area is 104 Å². The van der Waals surface area contributed by atoms with Crippen LogP contribution in [0.5, 0.6) is 0 Å². The molecule has 0 bridgehead atoms. The molecule has 1 heterocycles. The van der Waals surface area contributed by atoms with E-state index in [1.54, 1.807) is 0 Å². The van der Waals surface area contributed by atoms with Gasteiger partial charge in [-0.25, -0.2) is 0 Å². The lowest BCUT2D eigenvalue weighted by Crippen LogP contribution is -2.47. The molecule has 4 heteroatoms. The van der Waals surface area contributed by atoms with E-state index >= 15 is 0 Å². The minimum Gasteiger partial charge on any atom is -0.381 e. The minimum absolute atomic E-state index is 0.192. The van der Waals surface area contributed by atoms with Crippen LogP contribution in [0.3, 0.4) is 0 Å². The van der Waals surface area contributed by atoms with Gasteiger partial charge >= 0.3 is 0 Å². The predicted octanol–water partition coefficient (Wildman–Crippen LogP) is 1.25. The van der Waals surface area contributed by atoms with E-state index in [1.807, 2.05) is 25.7 Å². The number of rotatable bonds is 6. The quantitative estimate of drug-likeness (QED) is 0.762. The third-order valence-corrected chi connectivity index (χ3v) is 3.92. The lowest BCUT2D eigenvalue weighted by atomic mass is 9.85. The van der Waals surface area contributed by atoms with Crippen LogP contribution in [0.4, 0.5) is 0 Å². The summed E-state index contributed by atoms with van der Waals surface area (Å²) in [6.45, 7) is 9.62. The zero-order chi connectivity index (χ0) is 12.9. The molecule has 2 atom stereocenters. The van der Waals surface area contributed by atoms with Crippen LogP contribution in [0.25, 0.3) is 0 Å². The number of hydrogen-bond acceptors (Lipinski definition) is 3. The van der Waals surface area contributed by atoms with Crippen LogP contribution < -0.4 is 5.73 Å². The average molecular weight is 242 g/mol. The first-order valence-electron chi connectivity index (χ1n) is 6.64. The molecule has 0 spiro atoms. The summed E-state index contributed by atoms with van der Waals surface area (Å²) in [4.78, 5) is 14.4. The summed E-state index contributed by atoms with van der Waals surface area (Å²) in [6.07, 6.45) is 1.86. The number of nitrogens with zero attached hydrogens (tertiary/aromatic N) is 1. The molecule has 1 aliphatic heterocycles. The van der Waals surface area contributed by atoms with Gasteiger partial charge in [-0.3, -0.25) is 4.79 Å². The predicted molar refractivity (Wildman–Crippen MR) is 68.6 cm³/mol. The number of nitrogens with two attached hydrogens (primary N) is 1. The van der Waals surface area contributed by atoms with Gasteiger partial charge in [-0.05, 0) is 26.7 Å². The van der Waals surface area contributed by atoms with Crippen LogP contribution in [0.15, 0.2) is 0 Å². The molecule has 0 radical (unpaired) electrons. The van der Waals surface area contributed by atoms with E-state index in [-0.39, 0.29) is 5.91 Å². The second kappa shape index (κ2) is 6.36. The Bertz CT molecular complexity index is 246. The summed E-state index contributed by atoms with van der Waals surface area (Å²) in [5, 5.41) is 0. The highest BCUT2D eigenvalue weighted by Crippen LogP contribution is 2.24. The van der Waals surface area contributed by atoms with Crippen molar-refractivity contribution in [1.82, 2.24) is 4.90 Å². The molecule has 1 fully saturated rings. The summed E-state index contributed by atoms with van der Waals surface area (Å²) in [5.74, 6) is 0.690. The molecule has 0 aromatic rings. The maximum Gasteiger partial charge on any atom is 0.229 e. The van der Waals surface area contributed by atoms with E-state index < -0.39 is 5.41 Å². The van der Waals surface area contributed by atoms with Gasteiger partial charge in [-0.2, -0.15) is 0 Å². The van der Waals surface area contributed by atoms with Crippen LogP contribution in [-0.2, 0) is 9.53 Å². The first kappa shape index (κ1) is 14.5. The number of ether oxygens (including phenoxy) is 1. The lowest BCUT2D eigenvalue weighted by Gasteiger charge is -2.33. The van der Waals surface area contributed by atoms with E-state index in [1.165, 1.54) is 0 Å². The molecule has 1 rings (SSSR count). The molecule has 100 valence electrons. The van der Waals surface area contributed by atoms with Crippen LogP contribution in [0.2, 0.25) is 0 Å². The molecule has 1 saturated heterocycles. The summed E-state index contributed by atoms with van der Waals surface area (Å²) < 4.78 is 5.36. The Morgan fingerprint density at radius 3 is 2.65 bits per heavy atom. The Kier molecular flexibility index (Phi) is 5.40. The average Bonchev–Trinajstić information content (AvgIpc) is 2.87. The molecule has 1 amide bonds. The smallest absolute Gasteiger partial charge is 0.229 e. The van der Waals surface area contributed by atoms with E-state index in [0.29, 0.717) is 12.5 Å². The highest BCUT2D eigenvalue weighted by atomic mass is 16.5. The van der Waals surface area contributed by atoms with Gasteiger partial charge in [0.1, 0.15) is 0 Å². The molecule has 0 aromatic carbocycles. The Morgan fingerprint density at radius 1 is 1.53 bits per heavy atom. The SMILES string of the molecule is CCN(CC1CCOC1)C(=O)C(C)(CC)CN. The van der Waals surface area contributed by atoms with Gasteiger partial charge in [0.25, 0.3) is 0 Å². The fourth-order valence-electron chi connectivity index (χ4n) is 2.16. The van der Waals surface area contributed by atoms with E-state index in [0.717, 1.165) is 39.1 Å². The van der Waals surface area contributed by atoms with Crippen molar-refractivity contribution in [3.05, 3.63) is 0 Å². The molecule has 1 aliphatic rings. The molecule has 4 nitrogen and oxygen atoms in total. The van der Waals surface area contributed by atoms with Crippen molar-refractivity contribution in [3.8, 4) is 0 Å². The van der Waals surface area contributed by atoms with Crippen molar-refractivity contribution in [2.75, 3.05) is 32.8 Å². The monoisotopic (exact) mass is 242 g/mol. The normalized spacial score (nSPS) is 23.4. The van der Waals surface area contributed by atoms with Crippen LogP contribution >= 0.6 is 0 Å². The number of carbonyl (C=O) groups is 1. The van der Waals surface area contributed by atoms with Gasteiger partial charge in [0, 0.05) is 32.2 Å². The van der Waals surface area contributed by atoms with E-state index in [2.05, 4.69) is 0 Å². The molecule has 17 heavy (non-hydrogen) atoms. The van der Waals surface area contributed by atoms with Gasteiger partial charge in [-0.1, -0.05) is 6.92 Å². The fourth-order valence-corrected chi connectivity index (χ4v) is 2.16. The molecule has 0 aromatic heterocycles.